The highest BCUT2D eigenvalue weighted by Gasteiger charge is 2.02. The smallest absolute Gasteiger partial charge is 0.0574 e. The van der Waals surface area contributed by atoms with Crippen molar-refractivity contribution in [1.29, 1.82) is 0 Å². The maximum absolute atomic E-state index is 5.18. The van der Waals surface area contributed by atoms with Gasteiger partial charge in [-0.15, -0.1) is 6.42 Å². The molecule has 2 heteroatoms. The van der Waals surface area contributed by atoms with Crippen molar-refractivity contribution in [2.75, 3.05) is 31.1 Å². The summed E-state index contributed by atoms with van der Waals surface area (Å²) in [5.74, 6) is 2.58. The van der Waals surface area contributed by atoms with E-state index < -0.39 is 0 Å². The predicted octanol–water partition coefficient (Wildman–Crippen LogP) is 2.04. The molecule has 0 spiro atoms. The fourth-order valence-corrected chi connectivity index (χ4v) is 1.67. The summed E-state index contributed by atoms with van der Waals surface area (Å²) in [5, 5.41) is 3.21. The minimum absolute atomic E-state index is 0.644. The number of benzene rings is 1. The molecule has 0 fully saturated rings. The Bertz CT molecular complexity index is 352. The van der Waals surface area contributed by atoms with E-state index in [0.717, 1.165) is 19.6 Å². The molecule has 2 nitrogen and oxygen atoms in total. The number of hydrogen-bond donors (Lipinski definition) is 1. The molecule has 0 aliphatic carbocycles. The monoisotopic (exact) mass is 216 g/mol. The number of likely N-dealkylation sites (N-methyl/N-ethyl adjacent to an activating group) is 1. The van der Waals surface area contributed by atoms with Crippen molar-refractivity contribution >= 4 is 5.69 Å². The molecule has 1 rings (SSSR count). The maximum atomic E-state index is 5.18. The van der Waals surface area contributed by atoms with Gasteiger partial charge in [-0.3, -0.25) is 0 Å². The van der Waals surface area contributed by atoms with Crippen molar-refractivity contribution in [2.45, 2.75) is 13.8 Å². The van der Waals surface area contributed by atoms with Crippen molar-refractivity contribution in [3.63, 3.8) is 0 Å². The quantitative estimate of drug-likeness (QED) is 0.578. The van der Waals surface area contributed by atoms with E-state index in [1.54, 1.807) is 0 Å². The van der Waals surface area contributed by atoms with Crippen LogP contribution < -0.4 is 10.2 Å². The summed E-state index contributed by atoms with van der Waals surface area (Å²) in [6.07, 6.45) is 5.18. The zero-order chi connectivity index (χ0) is 11.8. The van der Waals surface area contributed by atoms with Crippen LogP contribution in [0.1, 0.15) is 12.5 Å². The molecule has 1 aromatic carbocycles. The number of aryl methyl sites for hydroxylation is 1. The number of anilines is 1. The van der Waals surface area contributed by atoms with Gasteiger partial charge >= 0.3 is 0 Å². The number of nitrogens with zero attached hydrogens (tertiary/aromatic N) is 1. The van der Waals surface area contributed by atoms with E-state index in [2.05, 4.69) is 54.3 Å². The highest BCUT2D eigenvalue weighted by Crippen LogP contribution is 2.14. The van der Waals surface area contributed by atoms with Crippen LogP contribution in [0.25, 0.3) is 0 Å². The van der Waals surface area contributed by atoms with Crippen molar-refractivity contribution in [1.82, 2.24) is 5.32 Å². The summed E-state index contributed by atoms with van der Waals surface area (Å²) in [4.78, 5) is 2.34. The Kier molecular flexibility index (Phi) is 5.45. The number of hydrogen-bond acceptors (Lipinski definition) is 2. The van der Waals surface area contributed by atoms with E-state index in [1.807, 2.05) is 0 Å². The molecule has 0 unspecified atom stereocenters. The summed E-state index contributed by atoms with van der Waals surface area (Å²) in [7, 11) is 0. The van der Waals surface area contributed by atoms with Crippen molar-refractivity contribution in [3.8, 4) is 12.3 Å². The number of terminal acetylenes is 1. The third-order valence-corrected chi connectivity index (χ3v) is 2.53. The van der Waals surface area contributed by atoms with Crippen LogP contribution in [0.4, 0.5) is 5.69 Å². The van der Waals surface area contributed by atoms with E-state index in [9.17, 15) is 0 Å². The summed E-state index contributed by atoms with van der Waals surface area (Å²) in [6.45, 7) is 7.86. The molecule has 86 valence electrons. The molecule has 0 aromatic heterocycles. The predicted molar refractivity (Wildman–Crippen MR) is 70.8 cm³/mol. The first-order valence-electron chi connectivity index (χ1n) is 5.73. The van der Waals surface area contributed by atoms with Gasteiger partial charge < -0.3 is 10.2 Å². The average molecular weight is 216 g/mol. The molecule has 1 aromatic rings. The van der Waals surface area contributed by atoms with Gasteiger partial charge in [-0.05, 0) is 31.5 Å². The van der Waals surface area contributed by atoms with Gasteiger partial charge in [-0.1, -0.05) is 18.1 Å². The Labute approximate surface area is 98.7 Å². The lowest BCUT2D eigenvalue weighted by atomic mass is 10.2. The van der Waals surface area contributed by atoms with Crippen LogP contribution in [0.3, 0.4) is 0 Å². The first kappa shape index (κ1) is 12.6. The molecule has 0 saturated heterocycles. The molecule has 0 bridgehead atoms. The summed E-state index contributed by atoms with van der Waals surface area (Å²) >= 11 is 0. The van der Waals surface area contributed by atoms with Gasteiger partial charge in [0.2, 0.25) is 0 Å². The summed E-state index contributed by atoms with van der Waals surface area (Å²) in [5.41, 5.74) is 2.58. The molecule has 0 amide bonds. The standard InChI is InChI=1S/C14H20N2/c1-4-9-15-10-11-16(5-2)14-8-6-7-13(3)12-14/h1,6-8,12,15H,5,9-11H2,2-3H3. The minimum atomic E-state index is 0.644. The van der Waals surface area contributed by atoms with E-state index >= 15 is 0 Å². The second-order valence-corrected chi connectivity index (χ2v) is 3.80. The van der Waals surface area contributed by atoms with Crippen molar-refractivity contribution in [2.24, 2.45) is 0 Å². The van der Waals surface area contributed by atoms with Crippen LogP contribution in [-0.4, -0.2) is 26.2 Å². The summed E-state index contributed by atoms with van der Waals surface area (Å²) < 4.78 is 0. The van der Waals surface area contributed by atoms with E-state index in [1.165, 1.54) is 11.3 Å². The SMILES string of the molecule is C#CCNCCN(CC)c1cccc(C)c1. The molecule has 0 radical (unpaired) electrons. The molecule has 0 aliphatic heterocycles. The molecule has 1 N–H and O–H groups in total. The Balaban J connectivity index is 2.51. The van der Waals surface area contributed by atoms with Crippen LogP contribution in [0.2, 0.25) is 0 Å². The van der Waals surface area contributed by atoms with Gasteiger partial charge in [-0.2, -0.15) is 0 Å². The third kappa shape index (κ3) is 3.96. The van der Waals surface area contributed by atoms with Crippen LogP contribution in [0.5, 0.6) is 0 Å². The van der Waals surface area contributed by atoms with Crippen LogP contribution >= 0.6 is 0 Å². The highest BCUT2D eigenvalue weighted by molar-refractivity contribution is 5.48. The Morgan fingerprint density at radius 3 is 2.88 bits per heavy atom. The van der Waals surface area contributed by atoms with E-state index in [-0.39, 0.29) is 0 Å². The van der Waals surface area contributed by atoms with E-state index in [0.29, 0.717) is 6.54 Å². The molecule has 0 saturated carbocycles. The average Bonchev–Trinajstić information content (AvgIpc) is 2.29. The molecular weight excluding hydrogens is 196 g/mol. The van der Waals surface area contributed by atoms with Gasteiger partial charge in [0.15, 0.2) is 0 Å². The Morgan fingerprint density at radius 2 is 2.25 bits per heavy atom. The second kappa shape index (κ2) is 6.92. The second-order valence-electron chi connectivity index (χ2n) is 3.80. The first-order chi connectivity index (χ1) is 7.77. The fourth-order valence-electron chi connectivity index (χ4n) is 1.67. The molecule has 0 atom stereocenters. The maximum Gasteiger partial charge on any atom is 0.0574 e. The van der Waals surface area contributed by atoms with Gasteiger partial charge in [0.1, 0.15) is 0 Å². The van der Waals surface area contributed by atoms with Gasteiger partial charge in [0, 0.05) is 25.3 Å². The van der Waals surface area contributed by atoms with Crippen molar-refractivity contribution < 1.29 is 0 Å². The number of nitrogens with one attached hydrogen (secondary N) is 1. The van der Waals surface area contributed by atoms with Crippen LogP contribution in [0, 0.1) is 19.3 Å². The lowest BCUT2D eigenvalue weighted by molar-refractivity contribution is 0.713. The lowest BCUT2D eigenvalue weighted by Crippen LogP contribution is -2.32. The molecule has 0 aliphatic rings. The van der Waals surface area contributed by atoms with Crippen LogP contribution in [0.15, 0.2) is 24.3 Å². The zero-order valence-electron chi connectivity index (χ0n) is 10.2. The lowest BCUT2D eigenvalue weighted by Gasteiger charge is -2.23. The minimum Gasteiger partial charge on any atom is -0.371 e. The van der Waals surface area contributed by atoms with Gasteiger partial charge in [0.05, 0.1) is 6.54 Å². The zero-order valence-corrected chi connectivity index (χ0v) is 10.2. The highest BCUT2D eigenvalue weighted by atomic mass is 15.1. The van der Waals surface area contributed by atoms with Crippen LogP contribution in [-0.2, 0) is 0 Å². The topological polar surface area (TPSA) is 15.3 Å². The molecular formula is C14H20N2. The summed E-state index contributed by atoms with van der Waals surface area (Å²) in [6, 6.07) is 8.58. The van der Waals surface area contributed by atoms with Gasteiger partial charge in [0.25, 0.3) is 0 Å². The normalized spacial score (nSPS) is 9.81. The van der Waals surface area contributed by atoms with Crippen molar-refractivity contribution in [3.05, 3.63) is 29.8 Å². The molecule has 0 heterocycles. The Hall–Kier alpha value is -1.46. The number of rotatable bonds is 6. The van der Waals surface area contributed by atoms with E-state index in [4.69, 9.17) is 6.42 Å². The first-order valence-corrected chi connectivity index (χ1v) is 5.73. The third-order valence-electron chi connectivity index (χ3n) is 2.53. The van der Waals surface area contributed by atoms with Gasteiger partial charge in [-0.25, -0.2) is 0 Å². The fraction of sp³-hybridized carbons (Fsp3) is 0.429. The Morgan fingerprint density at radius 1 is 1.44 bits per heavy atom. The molecule has 16 heavy (non-hydrogen) atoms. The largest absolute Gasteiger partial charge is 0.371 e.